The molecule has 1 heterocycles. The van der Waals surface area contributed by atoms with Gasteiger partial charge in [0.2, 0.25) is 5.91 Å². The van der Waals surface area contributed by atoms with Crippen molar-refractivity contribution in [2.75, 3.05) is 26.2 Å². The van der Waals surface area contributed by atoms with Crippen LogP contribution in [0.1, 0.15) is 46.0 Å². The van der Waals surface area contributed by atoms with E-state index in [-0.39, 0.29) is 11.9 Å². The van der Waals surface area contributed by atoms with E-state index in [1.807, 2.05) is 9.80 Å². The molecule has 0 bridgehead atoms. The third-order valence-corrected chi connectivity index (χ3v) is 3.50. The van der Waals surface area contributed by atoms with E-state index in [1.165, 1.54) is 0 Å². The molecular weight excluding hydrogens is 228 g/mol. The van der Waals surface area contributed by atoms with Crippen molar-refractivity contribution in [1.82, 2.24) is 9.80 Å². The predicted molar refractivity (Wildman–Crippen MR) is 72.4 cm³/mol. The fraction of sp³-hybridized carbons (Fsp3) is 0.857. The first kappa shape index (κ1) is 15.2. The molecule has 4 heteroatoms. The van der Waals surface area contributed by atoms with Crippen molar-refractivity contribution < 1.29 is 9.59 Å². The quantitative estimate of drug-likeness (QED) is 0.649. The summed E-state index contributed by atoms with van der Waals surface area (Å²) in [4.78, 5) is 27.2. The predicted octanol–water partition coefficient (Wildman–Crippen LogP) is 1.69. The van der Waals surface area contributed by atoms with Crippen molar-refractivity contribution in [3.8, 4) is 0 Å². The van der Waals surface area contributed by atoms with Crippen molar-refractivity contribution >= 4 is 12.2 Å². The van der Waals surface area contributed by atoms with Gasteiger partial charge in [0, 0.05) is 13.1 Å². The van der Waals surface area contributed by atoms with Crippen LogP contribution in [0.15, 0.2) is 0 Å². The summed E-state index contributed by atoms with van der Waals surface area (Å²) < 4.78 is 0. The highest BCUT2D eigenvalue weighted by Crippen LogP contribution is 2.15. The van der Waals surface area contributed by atoms with Crippen LogP contribution in [0, 0.1) is 0 Å². The Labute approximate surface area is 110 Å². The molecular formula is C14H26N2O2. The SMILES string of the molecule is CCCN(CCC)C(=O)CN1CCCCC1C=O. The number of rotatable bonds is 7. The fourth-order valence-corrected chi connectivity index (χ4v) is 2.54. The molecule has 18 heavy (non-hydrogen) atoms. The summed E-state index contributed by atoms with van der Waals surface area (Å²) in [6.07, 6.45) is 6.07. The van der Waals surface area contributed by atoms with Crippen LogP contribution in [0.3, 0.4) is 0 Å². The monoisotopic (exact) mass is 254 g/mol. The van der Waals surface area contributed by atoms with Crippen LogP contribution in [-0.2, 0) is 9.59 Å². The van der Waals surface area contributed by atoms with E-state index in [4.69, 9.17) is 0 Å². The summed E-state index contributed by atoms with van der Waals surface area (Å²) in [6.45, 7) is 7.11. The summed E-state index contributed by atoms with van der Waals surface area (Å²) in [5.41, 5.74) is 0. The lowest BCUT2D eigenvalue weighted by atomic mass is 10.0. The molecule has 1 rings (SSSR count). The van der Waals surface area contributed by atoms with Crippen molar-refractivity contribution in [2.24, 2.45) is 0 Å². The Balaban J connectivity index is 2.51. The number of carbonyl (C=O) groups excluding carboxylic acids is 2. The maximum atomic E-state index is 12.2. The maximum absolute atomic E-state index is 12.2. The molecule has 1 atom stereocenters. The molecule has 1 aliphatic heterocycles. The van der Waals surface area contributed by atoms with Gasteiger partial charge in [-0.25, -0.2) is 0 Å². The fourth-order valence-electron chi connectivity index (χ4n) is 2.54. The molecule has 0 aromatic carbocycles. The third kappa shape index (κ3) is 4.41. The van der Waals surface area contributed by atoms with Crippen molar-refractivity contribution in [2.45, 2.75) is 52.0 Å². The Hall–Kier alpha value is -0.900. The molecule has 1 amide bonds. The molecule has 0 radical (unpaired) electrons. The second kappa shape index (κ2) is 8.25. The van der Waals surface area contributed by atoms with E-state index < -0.39 is 0 Å². The van der Waals surface area contributed by atoms with Crippen molar-refractivity contribution in [3.63, 3.8) is 0 Å². The molecule has 0 N–H and O–H groups in total. The Morgan fingerprint density at radius 3 is 2.50 bits per heavy atom. The third-order valence-electron chi connectivity index (χ3n) is 3.50. The van der Waals surface area contributed by atoms with Crippen molar-refractivity contribution in [3.05, 3.63) is 0 Å². The second-order valence-electron chi connectivity index (χ2n) is 5.05. The molecule has 1 saturated heterocycles. The molecule has 1 unspecified atom stereocenters. The second-order valence-corrected chi connectivity index (χ2v) is 5.05. The Morgan fingerprint density at radius 1 is 1.28 bits per heavy atom. The number of hydrogen-bond acceptors (Lipinski definition) is 3. The molecule has 4 nitrogen and oxygen atoms in total. The topological polar surface area (TPSA) is 40.6 Å². The first-order chi connectivity index (χ1) is 8.72. The van der Waals surface area contributed by atoms with Gasteiger partial charge in [-0.3, -0.25) is 9.69 Å². The van der Waals surface area contributed by atoms with Crippen molar-refractivity contribution in [1.29, 1.82) is 0 Å². The number of aldehydes is 1. The Bertz CT molecular complexity index is 263. The van der Waals surface area contributed by atoms with Gasteiger partial charge in [-0.15, -0.1) is 0 Å². The Kier molecular flexibility index (Phi) is 6.94. The van der Waals surface area contributed by atoms with Gasteiger partial charge >= 0.3 is 0 Å². The number of carbonyl (C=O) groups is 2. The number of likely N-dealkylation sites (tertiary alicyclic amines) is 1. The minimum atomic E-state index is -0.0483. The zero-order valence-corrected chi connectivity index (χ0v) is 11.7. The van der Waals surface area contributed by atoms with E-state index in [0.717, 1.165) is 58.0 Å². The van der Waals surface area contributed by atoms with Crippen LogP contribution in [0.2, 0.25) is 0 Å². The minimum absolute atomic E-state index is 0.0483. The molecule has 0 spiro atoms. The van der Waals surface area contributed by atoms with E-state index in [1.54, 1.807) is 0 Å². The lowest BCUT2D eigenvalue weighted by molar-refractivity contribution is -0.134. The zero-order chi connectivity index (χ0) is 13.4. The average Bonchev–Trinajstić information content (AvgIpc) is 2.39. The molecule has 0 aromatic rings. The van der Waals surface area contributed by atoms with Gasteiger partial charge in [-0.2, -0.15) is 0 Å². The zero-order valence-electron chi connectivity index (χ0n) is 11.7. The molecule has 104 valence electrons. The van der Waals surface area contributed by atoms with Gasteiger partial charge in [0.15, 0.2) is 0 Å². The summed E-state index contributed by atoms with van der Waals surface area (Å²) >= 11 is 0. The largest absolute Gasteiger partial charge is 0.342 e. The smallest absolute Gasteiger partial charge is 0.236 e. The van der Waals surface area contributed by atoms with Crippen LogP contribution < -0.4 is 0 Å². The summed E-state index contributed by atoms with van der Waals surface area (Å²) in [6, 6.07) is -0.0483. The highest BCUT2D eigenvalue weighted by atomic mass is 16.2. The summed E-state index contributed by atoms with van der Waals surface area (Å²) in [5, 5.41) is 0. The Morgan fingerprint density at radius 2 is 1.94 bits per heavy atom. The minimum Gasteiger partial charge on any atom is -0.342 e. The number of nitrogens with zero attached hydrogens (tertiary/aromatic N) is 2. The number of piperidine rings is 1. The van der Waals surface area contributed by atoms with Crippen LogP contribution in [0.25, 0.3) is 0 Å². The summed E-state index contributed by atoms with van der Waals surface area (Å²) in [5.74, 6) is 0.174. The van der Waals surface area contributed by atoms with Crippen LogP contribution in [0.4, 0.5) is 0 Å². The van der Waals surface area contributed by atoms with Gasteiger partial charge in [-0.1, -0.05) is 20.3 Å². The highest BCUT2D eigenvalue weighted by Gasteiger charge is 2.25. The highest BCUT2D eigenvalue weighted by molar-refractivity contribution is 5.78. The maximum Gasteiger partial charge on any atom is 0.236 e. The molecule has 0 aromatic heterocycles. The van der Waals surface area contributed by atoms with Gasteiger partial charge in [-0.05, 0) is 32.2 Å². The average molecular weight is 254 g/mol. The van der Waals surface area contributed by atoms with Gasteiger partial charge in [0.25, 0.3) is 0 Å². The summed E-state index contributed by atoms with van der Waals surface area (Å²) in [7, 11) is 0. The lowest BCUT2D eigenvalue weighted by Gasteiger charge is -2.33. The molecule has 0 saturated carbocycles. The van der Waals surface area contributed by atoms with E-state index >= 15 is 0 Å². The van der Waals surface area contributed by atoms with Gasteiger partial charge in [0.05, 0.1) is 12.6 Å². The molecule has 1 fully saturated rings. The first-order valence-corrected chi connectivity index (χ1v) is 7.20. The van der Waals surface area contributed by atoms with Crippen LogP contribution >= 0.6 is 0 Å². The lowest BCUT2D eigenvalue weighted by Crippen LogP contribution is -2.47. The van der Waals surface area contributed by atoms with E-state index in [9.17, 15) is 9.59 Å². The molecule has 1 aliphatic rings. The van der Waals surface area contributed by atoms with E-state index in [2.05, 4.69) is 13.8 Å². The normalized spacial score (nSPS) is 20.7. The van der Waals surface area contributed by atoms with E-state index in [0.29, 0.717) is 6.54 Å². The van der Waals surface area contributed by atoms with Gasteiger partial charge < -0.3 is 9.69 Å². The first-order valence-electron chi connectivity index (χ1n) is 7.20. The van der Waals surface area contributed by atoms with Crippen LogP contribution in [0.5, 0.6) is 0 Å². The molecule has 0 aliphatic carbocycles. The standard InChI is InChI=1S/C14H26N2O2/c1-3-8-15(9-4-2)14(18)11-16-10-6-5-7-13(16)12-17/h12-13H,3-11H2,1-2H3. The van der Waals surface area contributed by atoms with Gasteiger partial charge in [0.1, 0.15) is 6.29 Å². The number of hydrogen-bond donors (Lipinski definition) is 0. The number of amides is 1. The van der Waals surface area contributed by atoms with Crippen LogP contribution in [-0.4, -0.2) is 54.2 Å².